The van der Waals surface area contributed by atoms with Crippen molar-refractivity contribution in [3.8, 4) is 0 Å². The van der Waals surface area contributed by atoms with Gasteiger partial charge in [-0.3, -0.25) is 0 Å². The summed E-state index contributed by atoms with van der Waals surface area (Å²) in [5.74, 6) is 0.852. The molecule has 7 nitrogen and oxygen atoms in total. The van der Waals surface area contributed by atoms with Crippen LogP contribution in [0.1, 0.15) is 11.1 Å². The van der Waals surface area contributed by atoms with E-state index in [4.69, 9.17) is 4.74 Å². The van der Waals surface area contributed by atoms with Gasteiger partial charge in [0.2, 0.25) is 17.8 Å². The van der Waals surface area contributed by atoms with Crippen LogP contribution in [0.2, 0.25) is 0 Å². The summed E-state index contributed by atoms with van der Waals surface area (Å²) in [6.07, 6.45) is -4.44. The highest BCUT2D eigenvalue weighted by Gasteiger charge is 2.30. The highest BCUT2D eigenvalue weighted by Crippen LogP contribution is 2.31. The molecule has 10 heteroatoms. The molecule has 0 saturated carbocycles. The third kappa shape index (κ3) is 5.40. The van der Waals surface area contributed by atoms with Gasteiger partial charge in [0, 0.05) is 24.5 Å². The van der Waals surface area contributed by atoms with Crippen LogP contribution in [0.5, 0.6) is 0 Å². The molecular formula is C21H21F3N6O. The third-order valence-electron chi connectivity index (χ3n) is 4.64. The van der Waals surface area contributed by atoms with Gasteiger partial charge in [0.15, 0.2) is 0 Å². The number of aryl methyl sites for hydroxylation is 1. The van der Waals surface area contributed by atoms with Crippen molar-refractivity contribution >= 4 is 29.2 Å². The molecule has 0 bridgehead atoms. The number of anilines is 5. The number of hydrogen-bond acceptors (Lipinski definition) is 7. The summed E-state index contributed by atoms with van der Waals surface area (Å²) in [4.78, 5) is 15.2. The van der Waals surface area contributed by atoms with Crippen molar-refractivity contribution in [1.82, 2.24) is 15.0 Å². The quantitative estimate of drug-likeness (QED) is 0.616. The molecule has 3 aromatic rings. The van der Waals surface area contributed by atoms with E-state index in [1.165, 1.54) is 12.1 Å². The van der Waals surface area contributed by atoms with E-state index in [0.29, 0.717) is 32.3 Å². The maximum Gasteiger partial charge on any atom is 0.416 e. The van der Waals surface area contributed by atoms with Crippen LogP contribution in [0, 0.1) is 6.92 Å². The van der Waals surface area contributed by atoms with E-state index in [1.807, 2.05) is 36.1 Å². The van der Waals surface area contributed by atoms with Gasteiger partial charge in [-0.05, 0) is 42.8 Å². The molecule has 0 spiro atoms. The largest absolute Gasteiger partial charge is 0.416 e. The van der Waals surface area contributed by atoms with Gasteiger partial charge in [0.1, 0.15) is 0 Å². The number of ether oxygens (including phenoxy) is 1. The Morgan fingerprint density at radius 3 is 2.10 bits per heavy atom. The Morgan fingerprint density at radius 2 is 1.48 bits per heavy atom. The minimum absolute atomic E-state index is 0.144. The molecule has 1 saturated heterocycles. The lowest BCUT2D eigenvalue weighted by atomic mass is 10.2. The van der Waals surface area contributed by atoms with Crippen LogP contribution in [0.15, 0.2) is 48.5 Å². The molecule has 1 fully saturated rings. The summed E-state index contributed by atoms with van der Waals surface area (Å²) in [5.41, 5.74) is 1.34. The minimum atomic E-state index is -4.44. The monoisotopic (exact) mass is 430 g/mol. The standard InChI is InChI=1S/C21H21F3N6O/c1-14-4-2-6-16(12-14)25-18-27-19(29-20(28-18)30-8-10-31-11-9-30)26-17-7-3-5-15(13-17)21(22,23)24/h2-7,12-13H,8-11H2,1H3,(H2,25,26,27,28,29). The Morgan fingerprint density at radius 1 is 0.871 bits per heavy atom. The van der Waals surface area contributed by atoms with Crippen LogP contribution >= 0.6 is 0 Å². The van der Waals surface area contributed by atoms with Gasteiger partial charge in [-0.25, -0.2) is 0 Å². The average molecular weight is 430 g/mol. The smallest absolute Gasteiger partial charge is 0.378 e. The van der Waals surface area contributed by atoms with Crippen molar-refractivity contribution in [3.63, 3.8) is 0 Å². The van der Waals surface area contributed by atoms with E-state index >= 15 is 0 Å². The lowest BCUT2D eigenvalue weighted by molar-refractivity contribution is -0.137. The SMILES string of the molecule is Cc1cccc(Nc2nc(Nc3cccc(C(F)(F)F)c3)nc(N3CCOCC3)n2)c1. The molecule has 31 heavy (non-hydrogen) atoms. The van der Waals surface area contributed by atoms with Gasteiger partial charge < -0.3 is 20.3 Å². The molecule has 2 heterocycles. The molecule has 4 rings (SSSR count). The van der Waals surface area contributed by atoms with Crippen molar-refractivity contribution in [2.45, 2.75) is 13.1 Å². The second-order valence-corrected chi connectivity index (χ2v) is 7.08. The number of halogens is 3. The molecule has 0 unspecified atom stereocenters. The van der Waals surface area contributed by atoms with Crippen LogP contribution in [0.25, 0.3) is 0 Å². The fraction of sp³-hybridized carbons (Fsp3) is 0.286. The summed E-state index contributed by atoms with van der Waals surface area (Å²) in [6.45, 7) is 4.28. The average Bonchev–Trinajstić information content (AvgIpc) is 2.74. The number of nitrogens with zero attached hydrogens (tertiary/aromatic N) is 4. The van der Waals surface area contributed by atoms with E-state index in [1.54, 1.807) is 0 Å². The van der Waals surface area contributed by atoms with Crippen LogP contribution < -0.4 is 15.5 Å². The lowest BCUT2D eigenvalue weighted by Crippen LogP contribution is -2.37. The highest BCUT2D eigenvalue weighted by atomic mass is 19.4. The zero-order valence-corrected chi connectivity index (χ0v) is 16.8. The van der Waals surface area contributed by atoms with Gasteiger partial charge in [-0.1, -0.05) is 18.2 Å². The van der Waals surface area contributed by atoms with Crippen LogP contribution in [-0.2, 0) is 10.9 Å². The summed E-state index contributed by atoms with van der Waals surface area (Å²) < 4.78 is 44.5. The van der Waals surface area contributed by atoms with Crippen LogP contribution in [0.3, 0.4) is 0 Å². The van der Waals surface area contributed by atoms with E-state index < -0.39 is 11.7 Å². The van der Waals surface area contributed by atoms with Gasteiger partial charge >= 0.3 is 6.18 Å². The van der Waals surface area contributed by atoms with Crippen molar-refractivity contribution in [2.24, 2.45) is 0 Å². The predicted molar refractivity (Wildman–Crippen MR) is 112 cm³/mol. The first-order chi connectivity index (χ1) is 14.9. The van der Waals surface area contributed by atoms with Crippen LogP contribution in [-0.4, -0.2) is 41.3 Å². The van der Waals surface area contributed by atoms with Gasteiger partial charge in [-0.2, -0.15) is 28.1 Å². The predicted octanol–water partition coefficient (Wildman–Crippen LogP) is 4.52. The molecule has 2 aromatic carbocycles. The second kappa shape index (κ2) is 8.76. The second-order valence-electron chi connectivity index (χ2n) is 7.08. The Balaban J connectivity index is 1.65. The molecule has 1 aliphatic rings. The van der Waals surface area contributed by atoms with E-state index in [0.717, 1.165) is 23.4 Å². The fourth-order valence-electron chi connectivity index (χ4n) is 3.14. The number of hydrogen-bond donors (Lipinski definition) is 2. The Labute approximate surface area is 177 Å². The van der Waals surface area contributed by atoms with Gasteiger partial charge in [-0.15, -0.1) is 0 Å². The molecule has 0 atom stereocenters. The van der Waals surface area contributed by atoms with Crippen LogP contribution in [0.4, 0.5) is 42.4 Å². The Kier molecular flexibility index (Phi) is 5.90. The van der Waals surface area contributed by atoms with E-state index in [2.05, 4.69) is 25.6 Å². The first-order valence-electron chi connectivity index (χ1n) is 9.73. The molecule has 2 N–H and O–H groups in total. The molecule has 1 aromatic heterocycles. The number of rotatable bonds is 5. The highest BCUT2D eigenvalue weighted by molar-refractivity contribution is 5.60. The molecular weight excluding hydrogens is 409 g/mol. The van der Waals surface area contributed by atoms with Crippen molar-refractivity contribution in [1.29, 1.82) is 0 Å². The summed E-state index contributed by atoms with van der Waals surface area (Å²) in [6, 6.07) is 12.6. The third-order valence-corrected chi connectivity index (χ3v) is 4.64. The lowest BCUT2D eigenvalue weighted by Gasteiger charge is -2.27. The number of morpholine rings is 1. The zero-order valence-electron chi connectivity index (χ0n) is 16.8. The molecule has 162 valence electrons. The Bertz CT molecular complexity index is 1050. The fourth-order valence-corrected chi connectivity index (χ4v) is 3.14. The van der Waals surface area contributed by atoms with E-state index in [-0.39, 0.29) is 17.6 Å². The topological polar surface area (TPSA) is 75.2 Å². The summed E-state index contributed by atoms with van der Waals surface area (Å²) >= 11 is 0. The molecule has 0 amide bonds. The number of aromatic nitrogens is 3. The maximum absolute atomic E-state index is 13.1. The van der Waals surface area contributed by atoms with Gasteiger partial charge in [0.25, 0.3) is 0 Å². The zero-order chi connectivity index (χ0) is 21.8. The summed E-state index contributed by atoms with van der Waals surface area (Å²) in [5, 5.41) is 6.02. The molecule has 1 aliphatic heterocycles. The van der Waals surface area contributed by atoms with Crippen molar-refractivity contribution in [3.05, 3.63) is 59.7 Å². The maximum atomic E-state index is 13.1. The van der Waals surface area contributed by atoms with Gasteiger partial charge in [0.05, 0.1) is 18.8 Å². The number of benzene rings is 2. The first kappa shape index (κ1) is 20.9. The number of alkyl halides is 3. The summed E-state index contributed by atoms with van der Waals surface area (Å²) in [7, 11) is 0. The van der Waals surface area contributed by atoms with Crippen molar-refractivity contribution < 1.29 is 17.9 Å². The Hall–Kier alpha value is -3.40. The molecule has 0 radical (unpaired) electrons. The number of nitrogens with one attached hydrogen (secondary N) is 2. The normalized spacial score (nSPS) is 14.4. The van der Waals surface area contributed by atoms with Crippen molar-refractivity contribution in [2.75, 3.05) is 41.8 Å². The minimum Gasteiger partial charge on any atom is -0.378 e. The molecule has 0 aliphatic carbocycles. The van der Waals surface area contributed by atoms with E-state index in [9.17, 15) is 13.2 Å². The first-order valence-corrected chi connectivity index (χ1v) is 9.73.